The minimum absolute atomic E-state index is 0.0192. The highest BCUT2D eigenvalue weighted by atomic mass is 79.9. The fourth-order valence-electron chi connectivity index (χ4n) is 2.12. The first-order chi connectivity index (χ1) is 11.9. The molecule has 0 atom stereocenters. The normalized spacial score (nSPS) is 12.6. The van der Waals surface area contributed by atoms with Crippen LogP contribution in [0.1, 0.15) is 13.8 Å². The van der Waals surface area contributed by atoms with Gasteiger partial charge < -0.3 is 5.32 Å². The van der Waals surface area contributed by atoms with Gasteiger partial charge in [0, 0.05) is 16.4 Å². The summed E-state index contributed by atoms with van der Waals surface area (Å²) in [5, 5.41) is 2.49. The molecule has 0 aliphatic rings. The Morgan fingerprint density at radius 1 is 0.962 bits per heavy atom. The minimum atomic E-state index is -3.96. The molecule has 0 aromatic heterocycles. The molecule has 0 radical (unpaired) electrons. The molecule has 0 saturated carbocycles. The van der Waals surface area contributed by atoms with Gasteiger partial charge in [-0.2, -0.15) is 0 Å². The number of sulfone groups is 2. The summed E-state index contributed by atoms with van der Waals surface area (Å²) < 4.78 is 47.9. The molecule has 2 rings (SSSR count). The van der Waals surface area contributed by atoms with Gasteiger partial charge in [-0.25, -0.2) is 16.8 Å². The van der Waals surface area contributed by atoms with E-state index in [1.807, 2.05) is 0 Å². The second-order valence-electron chi connectivity index (χ2n) is 6.22. The summed E-state index contributed by atoms with van der Waals surface area (Å²) in [5.41, 5.74) is 0.206. The van der Waals surface area contributed by atoms with Crippen molar-refractivity contribution in [2.24, 2.45) is 0 Å². The van der Waals surface area contributed by atoms with Crippen molar-refractivity contribution in [3.05, 3.63) is 53.0 Å². The largest absolute Gasteiger partial charge is 0.325 e. The number of halogens is 1. The lowest BCUT2D eigenvalue weighted by Gasteiger charge is -2.24. The Balaban J connectivity index is 2.35. The van der Waals surface area contributed by atoms with Crippen LogP contribution in [0.15, 0.2) is 62.8 Å². The van der Waals surface area contributed by atoms with E-state index in [-0.39, 0.29) is 15.5 Å². The number of benzene rings is 2. The third-order valence-corrected chi connectivity index (χ3v) is 7.92. The molecule has 2 aromatic carbocycles. The van der Waals surface area contributed by atoms with Crippen molar-refractivity contribution in [2.75, 3.05) is 11.6 Å². The van der Waals surface area contributed by atoms with Gasteiger partial charge in [0.1, 0.15) is 4.75 Å². The number of rotatable bonds is 5. The molecule has 6 nitrogen and oxygen atoms in total. The van der Waals surface area contributed by atoms with E-state index in [0.29, 0.717) is 0 Å². The average Bonchev–Trinajstić information content (AvgIpc) is 2.54. The molecule has 9 heteroatoms. The molecular formula is C17H18BrNO5S2. The van der Waals surface area contributed by atoms with E-state index in [0.717, 1.165) is 10.7 Å². The smallest absolute Gasteiger partial charge is 0.245 e. The molecule has 26 heavy (non-hydrogen) atoms. The maximum atomic E-state index is 12.9. The summed E-state index contributed by atoms with van der Waals surface area (Å²) in [6.07, 6.45) is 1.05. The van der Waals surface area contributed by atoms with Gasteiger partial charge in [0.2, 0.25) is 5.91 Å². The summed E-state index contributed by atoms with van der Waals surface area (Å²) in [6, 6.07) is 11.6. The minimum Gasteiger partial charge on any atom is -0.325 e. The van der Waals surface area contributed by atoms with Gasteiger partial charge in [0.25, 0.3) is 0 Å². The molecule has 0 aliphatic heterocycles. The van der Waals surface area contributed by atoms with Crippen LogP contribution in [0.2, 0.25) is 0 Å². The highest BCUT2D eigenvalue weighted by molar-refractivity contribution is 9.10. The number of anilines is 1. The number of carbonyl (C=O) groups is 1. The molecule has 0 aliphatic carbocycles. The lowest BCUT2D eigenvalue weighted by molar-refractivity contribution is -0.117. The second-order valence-corrected chi connectivity index (χ2v) is 11.7. The topological polar surface area (TPSA) is 97.4 Å². The van der Waals surface area contributed by atoms with Crippen LogP contribution in [0.4, 0.5) is 5.69 Å². The molecule has 0 bridgehead atoms. The monoisotopic (exact) mass is 459 g/mol. The van der Waals surface area contributed by atoms with Gasteiger partial charge in [-0.15, -0.1) is 0 Å². The fourth-order valence-corrected chi connectivity index (χ4v) is 4.43. The number of carbonyl (C=O) groups excluding carboxylic acids is 1. The van der Waals surface area contributed by atoms with Crippen molar-refractivity contribution in [1.29, 1.82) is 0 Å². The lowest BCUT2D eigenvalue weighted by atomic mass is 10.2. The number of hydrogen-bond acceptors (Lipinski definition) is 5. The van der Waals surface area contributed by atoms with Crippen LogP contribution in [-0.2, 0) is 24.5 Å². The van der Waals surface area contributed by atoms with Gasteiger partial charge in [-0.1, -0.05) is 22.0 Å². The molecule has 0 saturated heterocycles. The van der Waals surface area contributed by atoms with Gasteiger partial charge in [-0.3, -0.25) is 4.79 Å². The Morgan fingerprint density at radius 2 is 1.54 bits per heavy atom. The van der Waals surface area contributed by atoms with Crippen molar-refractivity contribution in [2.45, 2.75) is 28.4 Å². The molecule has 140 valence electrons. The van der Waals surface area contributed by atoms with Gasteiger partial charge in [0.05, 0.1) is 9.79 Å². The zero-order valence-electron chi connectivity index (χ0n) is 14.4. The Labute approximate surface area is 161 Å². The first kappa shape index (κ1) is 20.6. The highest BCUT2D eigenvalue weighted by Crippen LogP contribution is 2.28. The van der Waals surface area contributed by atoms with E-state index in [2.05, 4.69) is 21.2 Å². The Morgan fingerprint density at radius 3 is 2.08 bits per heavy atom. The van der Waals surface area contributed by atoms with Crippen LogP contribution in [0.25, 0.3) is 0 Å². The van der Waals surface area contributed by atoms with Gasteiger partial charge in [-0.05, 0) is 56.3 Å². The molecule has 0 unspecified atom stereocenters. The summed E-state index contributed by atoms with van der Waals surface area (Å²) in [7, 11) is -7.41. The van der Waals surface area contributed by atoms with E-state index in [9.17, 15) is 21.6 Å². The molecule has 1 amide bonds. The molecule has 2 aromatic rings. The number of amides is 1. The lowest BCUT2D eigenvalue weighted by Crippen LogP contribution is -2.44. The predicted octanol–water partition coefficient (Wildman–Crippen LogP) is 3.04. The van der Waals surface area contributed by atoms with E-state index >= 15 is 0 Å². The second kappa shape index (κ2) is 7.13. The predicted molar refractivity (Wildman–Crippen MR) is 104 cm³/mol. The van der Waals surface area contributed by atoms with E-state index < -0.39 is 30.3 Å². The average molecular weight is 460 g/mol. The highest BCUT2D eigenvalue weighted by Gasteiger charge is 2.42. The summed E-state index contributed by atoms with van der Waals surface area (Å²) in [6.45, 7) is 2.61. The molecule has 1 N–H and O–H groups in total. The van der Waals surface area contributed by atoms with Crippen LogP contribution in [0.3, 0.4) is 0 Å². The third kappa shape index (κ3) is 4.16. The van der Waals surface area contributed by atoms with Crippen LogP contribution < -0.4 is 5.32 Å². The third-order valence-electron chi connectivity index (χ3n) is 3.86. The molecule has 0 heterocycles. The van der Waals surface area contributed by atoms with Gasteiger partial charge >= 0.3 is 0 Å². The van der Waals surface area contributed by atoms with Crippen molar-refractivity contribution in [3.63, 3.8) is 0 Å². The molecule has 0 fully saturated rings. The van der Waals surface area contributed by atoms with Crippen LogP contribution in [0.5, 0.6) is 0 Å². The summed E-state index contributed by atoms with van der Waals surface area (Å²) in [4.78, 5) is 12.7. The number of hydrogen-bond donors (Lipinski definition) is 1. The van der Waals surface area contributed by atoms with Crippen LogP contribution in [0, 0.1) is 0 Å². The van der Waals surface area contributed by atoms with Crippen molar-refractivity contribution < 1.29 is 21.6 Å². The van der Waals surface area contributed by atoms with Crippen molar-refractivity contribution >= 4 is 47.2 Å². The van der Waals surface area contributed by atoms with E-state index in [1.54, 1.807) is 12.1 Å². The van der Waals surface area contributed by atoms with E-state index in [4.69, 9.17) is 0 Å². The van der Waals surface area contributed by atoms with Crippen molar-refractivity contribution in [3.8, 4) is 0 Å². The maximum Gasteiger partial charge on any atom is 0.245 e. The molecular weight excluding hydrogens is 442 g/mol. The summed E-state index contributed by atoms with van der Waals surface area (Å²) in [5.74, 6) is -0.758. The SMILES string of the molecule is CC(C)(C(=O)Nc1cccc(S(C)(=O)=O)c1)S(=O)(=O)c1ccc(Br)cc1. The standard InChI is InChI=1S/C17H18BrNO5S2/c1-17(2,26(23,24)14-9-7-12(18)8-10-14)16(20)19-13-5-4-6-15(11-13)25(3,21)22/h4-11H,1-3H3,(H,19,20). The quantitative estimate of drug-likeness (QED) is 0.740. The zero-order chi connectivity index (χ0) is 19.8. The Bertz CT molecular complexity index is 1040. The molecule has 0 spiro atoms. The first-order valence-corrected chi connectivity index (χ1v) is 11.6. The van der Waals surface area contributed by atoms with Gasteiger partial charge in [0.15, 0.2) is 19.7 Å². The Hall–Kier alpha value is -1.71. The fraction of sp³-hybridized carbons (Fsp3) is 0.235. The van der Waals surface area contributed by atoms with Crippen LogP contribution in [-0.4, -0.2) is 33.7 Å². The Kier molecular flexibility index (Phi) is 5.65. The number of nitrogens with one attached hydrogen (secondary N) is 1. The maximum absolute atomic E-state index is 12.9. The van der Waals surface area contributed by atoms with Crippen molar-refractivity contribution in [1.82, 2.24) is 0 Å². The zero-order valence-corrected chi connectivity index (χ0v) is 17.6. The van der Waals surface area contributed by atoms with E-state index in [1.165, 1.54) is 50.2 Å². The first-order valence-electron chi connectivity index (χ1n) is 7.47. The van der Waals surface area contributed by atoms with Crippen LogP contribution >= 0.6 is 15.9 Å². The summed E-state index contributed by atoms with van der Waals surface area (Å²) >= 11 is 3.24.